The largest absolute Gasteiger partial charge is 0.378 e. The summed E-state index contributed by atoms with van der Waals surface area (Å²) in [5.41, 5.74) is 1.51. The minimum Gasteiger partial charge on any atom is -0.378 e. The summed E-state index contributed by atoms with van der Waals surface area (Å²) >= 11 is 3.48. The molecule has 1 aliphatic heterocycles. The summed E-state index contributed by atoms with van der Waals surface area (Å²) < 4.78 is 6.52. The number of hydrogen-bond donors (Lipinski definition) is 1. The number of likely N-dealkylation sites (N-methyl/N-ethyl adjacent to an activating group) is 1. The molecule has 0 aromatic heterocycles. The Labute approximate surface area is 152 Å². The SMILES string of the molecule is CN(CC1(c2ccc(Br)cc2)CC1)C(=O)CC1COCCN1.Cl. The van der Waals surface area contributed by atoms with Gasteiger partial charge in [-0.25, -0.2) is 0 Å². The highest BCUT2D eigenvalue weighted by atomic mass is 79.9. The van der Waals surface area contributed by atoms with Gasteiger partial charge < -0.3 is 15.0 Å². The van der Waals surface area contributed by atoms with Gasteiger partial charge in [-0.05, 0) is 30.5 Å². The number of nitrogens with one attached hydrogen (secondary N) is 1. The van der Waals surface area contributed by atoms with Crippen LogP contribution in [0.3, 0.4) is 0 Å². The van der Waals surface area contributed by atoms with Gasteiger partial charge in [0.2, 0.25) is 5.91 Å². The molecule has 4 nitrogen and oxygen atoms in total. The smallest absolute Gasteiger partial charge is 0.223 e. The molecule has 1 saturated heterocycles. The third kappa shape index (κ3) is 4.69. The molecule has 23 heavy (non-hydrogen) atoms. The van der Waals surface area contributed by atoms with Crippen LogP contribution in [0.15, 0.2) is 28.7 Å². The standard InChI is InChI=1S/C17H23BrN2O2.ClH/c1-20(16(21)10-15-11-22-9-8-19-15)12-17(6-7-17)13-2-4-14(18)5-3-13;/h2-5,15,19H,6-12H2,1H3;1H. The molecule has 1 unspecified atom stereocenters. The number of benzene rings is 1. The normalized spacial score (nSPS) is 22.1. The van der Waals surface area contributed by atoms with E-state index in [-0.39, 0.29) is 29.8 Å². The monoisotopic (exact) mass is 402 g/mol. The van der Waals surface area contributed by atoms with Crippen molar-refractivity contribution in [3.8, 4) is 0 Å². The predicted octanol–water partition coefficient (Wildman–Crippen LogP) is 2.74. The number of nitrogens with zero attached hydrogens (tertiary/aromatic N) is 1. The van der Waals surface area contributed by atoms with E-state index in [1.54, 1.807) is 0 Å². The second kappa shape index (κ2) is 7.97. The molecule has 1 aliphatic carbocycles. The van der Waals surface area contributed by atoms with Crippen molar-refractivity contribution < 1.29 is 9.53 Å². The van der Waals surface area contributed by atoms with Crippen LogP contribution >= 0.6 is 28.3 Å². The van der Waals surface area contributed by atoms with Crippen LogP contribution in [0.5, 0.6) is 0 Å². The molecular formula is C17H24BrClN2O2. The van der Waals surface area contributed by atoms with Crippen LogP contribution in [-0.2, 0) is 14.9 Å². The molecule has 6 heteroatoms. The first-order valence-corrected chi connectivity index (χ1v) is 8.69. The number of carbonyl (C=O) groups is 1. The molecule has 3 rings (SSSR count). The van der Waals surface area contributed by atoms with E-state index in [2.05, 4.69) is 45.5 Å². The summed E-state index contributed by atoms with van der Waals surface area (Å²) in [6, 6.07) is 8.67. The van der Waals surface area contributed by atoms with E-state index < -0.39 is 0 Å². The molecule has 2 aliphatic rings. The summed E-state index contributed by atoms with van der Waals surface area (Å²) in [4.78, 5) is 14.3. The first-order chi connectivity index (χ1) is 10.6. The fourth-order valence-corrected chi connectivity index (χ4v) is 3.42. The Hall–Kier alpha value is -0.620. The third-order valence-electron chi connectivity index (χ3n) is 4.70. The lowest BCUT2D eigenvalue weighted by molar-refractivity contribution is -0.131. The van der Waals surface area contributed by atoms with Gasteiger partial charge in [-0.3, -0.25) is 4.79 Å². The van der Waals surface area contributed by atoms with Crippen molar-refractivity contribution in [2.75, 3.05) is 33.4 Å². The van der Waals surface area contributed by atoms with Crippen LogP contribution in [0, 0.1) is 0 Å². The molecule has 2 fully saturated rings. The lowest BCUT2D eigenvalue weighted by atomic mass is 9.95. The second-order valence-electron chi connectivity index (χ2n) is 6.47. The number of carbonyl (C=O) groups excluding carboxylic acids is 1. The summed E-state index contributed by atoms with van der Waals surface area (Å²) in [6.07, 6.45) is 2.85. The number of rotatable bonds is 5. The number of ether oxygens (including phenoxy) is 1. The highest BCUT2D eigenvalue weighted by Crippen LogP contribution is 2.48. The van der Waals surface area contributed by atoms with Gasteiger partial charge in [-0.15, -0.1) is 12.4 Å². The highest BCUT2D eigenvalue weighted by molar-refractivity contribution is 9.10. The average Bonchev–Trinajstić information content (AvgIpc) is 3.29. The zero-order chi connectivity index (χ0) is 15.6. The molecule has 0 bridgehead atoms. The maximum atomic E-state index is 12.4. The van der Waals surface area contributed by atoms with Gasteiger partial charge in [0, 0.05) is 42.5 Å². The molecule has 1 aromatic rings. The van der Waals surface area contributed by atoms with Crippen molar-refractivity contribution in [1.29, 1.82) is 0 Å². The van der Waals surface area contributed by atoms with Crippen LogP contribution in [0.2, 0.25) is 0 Å². The Kier molecular flexibility index (Phi) is 6.48. The van der Waals surface area contributed by atoms with Gasteiger partial charge in [0.25, 0.3) is 0 Å². The van der Waals surface area contributed by atoms with Crippen LogP contribution in [0.25, 0.3) is 0 Å². The van der Waals surface area contributed by atoms with Gasteiger partial charge in [0.05, 0.1) is 13.2 Å². The second-order valence-corrected chi connectivity index (χ2v) is 7.38. The maximum Gasteiger partial charge on any atom is 0.223 e. The Balaban J connectivity index is 0.00000192. The fraction of sp³-hybridized carbons (Fsp3) is 0.588. The molecule has 1 aromatic carbocycles. The number of halogens is 2. The zero-order valence-corrected chi connectivity index (χ0v) is 15.8. The number of morpholine rings is 1. The zero-order valence-electron chi connectivity index (χ0n) is 13.4. The van der Waals surface area contributed by atoms with E-state index in [9.17, 15) is 4.79 Å². The van der Waals surface area contributed by atoms with Gasteiger partial charge in [-0.2, -0.15) is 0 Å². The molecular weight excluding hydrogens is 380 g/mol. The molecule has 0 radical (unpaired) electrons. The van der Waals surface area contributed by atoms with Crippen molar-refractivity contribution in [2.24, 2.45) is 0 Å². The third-order valence-corrected chi connectivity index (χ3v) is 5.22. The highest BCUT2D eigenvalue weighted by Gasteiger charge is 2.45. The molecule has 1 heterocycles. The van der Waals surface area contributed by atoms with Gasteiger partial charge in [-0.1, -0.05) is 28.1 Å². The van der Waals surface area contributed by atoms with Gasteiger partial charge >= 0.3 is 0 Å². The van der Waals surface area contributed by atoms with Gasteiger partial charge in [0.15, 0.2) is 0 Å². The Morgan fingerprint density at radius 3 is 2.65 bits per heavy atom. The van der Waals surface area contributed by atoms with E-state index in [1.165, 1.54) is 5.56 Å². The molecule has 1 atom stereocenters. The van der Waals surface area contributed by atoms with E-state index in [1.807, 2.05) is 11.9 Å². The summed E-state index contributed by atoms with van der Waals surface area (Å²) in [6.45, 7) is 3.02. The van der Waals surface area contributed by atoms with E-state index in [0.29, 0.717) is 13.0 Å². The molecule has 1 amide bonds. The first-order valence-electron chi connectivity index (χ1n) is 7.90. The van der Waals surface area contributed by atoms with Crippen molar-refractivity contribution >= 4 is 34.2 Å². The first kappa shape index (κ1) is 18.7. The minimum atomic E-state index is 0. The van der Waals surface area contributed by atoms with E-state index >= 15 is 0 Å². The van der Waals surface area contributed by atoms with Crippen LogP contribution in [0.4, 0.5) is 0 Å². The van der Waals surface area contributed by atoms with Crippen molar-refractivity contribution in [3.05, 3.63) is 34.3 Å². The average molecular weight is 404 g/mol. The number of amides is 1. The van der Waals surface area contributed by atoms with Crippen molar-refractivity contribution in [1.82, 2.24) is 10.2 Å². The lowest BCUT2D eigenvalue weighted by Crippen LogP contribution is -2.45. The maximum absolute atomic E-state index is 12.4. The predicted molar refractivity (Wildman–Crippen MR) is 97.2 cm³/mol. The number of hydrogen-bond acceptors (Lipinski definition) is 3. The van der Waals surface area contributed by atoms with Crippen LogP contribution in [0.1, 0.15) is 24.8 Å². The molecule has 128 valence electrons. The Morgan fingerprint density at radius 1 is 1.39 bits per heavy atom. The topological polar surface area (TPSA) is 41.6 Å². The lowest BCUT2D eigenvalue weighted by Gasteiger charge is -2.28. The van der Waals surface area contributed by atoms with Crippen LogP contribution < -0.4 is 5.32 Å². The molecule has 0 spiro atoms. The quantitative estimate of drug-likeness (QED) is 0.822. The molecule has 1 saturated carbocycles. The Bertz CT molecular complexity index is 528. The summed E-state index contributed by atoms with van der Waals surface area (Å²) in [5.74, 6) is 0.200. The van der Waals surface area contributed by atoms with Gasteiger partial charge in [0.1, 0.15) is 0 Å². The van der Waals surface area contributed by atoms with E-state index in [4.69, 9.17) is 4.74 Å². The fourth-order valence-electron chi connectivity index (χ4n) is 3.15. The summed E-state index contributed by atoms with van der Waals surface area (Å²) in [7, 11) is 1.92. The van der Waals surface area contributed by atoms with E-state index in [0.717, 1.165) is 37.0 Å². The van der Waals surface area contributed by atoms with Crippen molar-refractivity contribution in [3.63, 3.8) is 0 Å². The van der Waals surface area contributed by atoms with Crippen LogP contribution in [-0.4, -0.2) is 50.2 Å². The van der Waals surface area contributed by atoms with Crippen molar-refractivity contribution in [2.45, 2.75) is 30.7 Å². The minimum absolute atomic E-state index is 0. The molecule has 1 N–H and O–H groups in total. The summed E-state index contributed by atoms with van der Waals surface area (Å²) in [5, 5.41) is 3.34. The Morgan fingerprint density at radius 2 is 2.09 bits per heavy atom.